The van der Waals surface area contributed by atoms with Crippen LogP contribution in [0.2, 0.25) is 0 Å². The van der Waals surface area contributed by atoms with Gasteiger partial charge in [0.2, 0.25) is 0 Å². The molecule has 0 heterocycles. The van der Waals surface area contributed by atoms with Crippen molar-refractivity contribution in [3.63, 3.8) is 0 Å². The maximum absolute atomic E-state index is 10.7. The monoisotopic (exact) mass is 153 g/mol. The van der Waals surface area contributed by atoms with Crippen LogP contribution in [0.1, 0.15) is 0 Å². The van der Waals surface area contributed by atoms with Gasteiger partial charge in [0, 0.05) is 4.53 Å². The van der Waals surface area contributed by atoms with Crippen molar-refractivity contribution in [2.24, 2.45) is 0 Å². The highest BCUT2D eigenvalue weighted by Gasteiger charge is 2.20. The van der Waals surface area contributed by atoms with Crippen LogP contribution < -0.4 is 0 Å². The molecule has 0 unspecified atom stereocenters. The molecule has 0 spiro atoms. The lowest BCUT2D eigenvalue weighted by Gasteiger charge is -1.88. The lowest BCUT2D eigenvalue weighted by molar-refractivity contribution is -0.728. The van der Waals surface area contributed by atoms with Crippen LogP contribution in [-0.4, -0.2) is 17.0 Å². The van der Waals surface area contributed by atoms with Crippen molar-refractivity contribution in [1.29, 1.82) is 0 Å². The number of hydrogen-bond donors (Lipinski definition) is 0. The fourth-order valence-electron chi connectivity index (χ4n) is 0.136. The van der Waals surface area contributed by atoms with Crippen LogP contribution in [0, 0.1) is 10.1 Å². The van der Waals surface area contributed by atoms with Crippen molar-refractivity contribution in [3.8, 4) is 0 Å². The normalized spacial score (nSPS) is 8.10. The van der Waals surface area contributed by atoms with Gasteiger partial charge in [0.15, 0.2) is 0 Å². The fraction of sp³-hybridized carbons (Fsp3) is 0. The minimum atomic E-state index is -2.07. The highest BCUT2D eigenvalue weighted by Crippen LogP contribution is 1.84. The topological polar surface area (TPSA) is 95.7 Å². The predicted molar refractivity (Wildman–Crippen MR) is 20.3 cm³/mol. The average Bonchev–Trinajstić information content (AvgIpc) is 1.85. The second-order valence-corrected chi connectivity index (χ2v) is 0.967. The molecule has 0 saturated heterocycles. The van der Waals surface area contributed by atoms with Gasteiger partial charge in [-0.15, -0.1) is 10.1 Å². The van der Waals surface area contributed by atoms with Crippen LogP contribution in [0.3, 0.4) is 0 Å². The minimum Gasteiger partial charge on any atom is -0.255 e. The number of hydrogen-bond acceptors (Lipinski definition) is 6. The Morgan fingerprint density at radius 1 is 1.40 bits per heavy atom. The largest absolute Gasteiger partial charge is 0.442 e. The molecular weight excluding hydrogens is 153 g/mol. The number of rotatable bonds is 1. The summed E-state index contributed by atoms with van der Waals surface area (Å²) in [5, 5.41) is 7.71. The van der Waals surface area contributed by atoms with E-state index >= 15 is 0 Å². The molecule has 0 aliphatic carbocycles. The third kappa shape index (κ3) is 2.55. The molecule has 0 amide bonds. The van der Waals surface area contributed by atoms with Gasteiger partial charge in [0.1, 0.15) is 0 Å². The first-order chi connectivity index (χ1) is 4.57. The highest BCUT2D eigenvalue weighted by atomic mass is 19.3. The van der Waals surface area contributed by atoms with Gasteiger partial charge in [0.25, 0.3) is 0 Å². The van der Waals surface area contributed by atoms with Crippen molar-refractivity contribution in [2.75, 3.05) is 0 Å². The van der Waals surface area contributed by atoms with Crippen molar-refractivity contribution < 1.29 is 29.0 Å². The molecule has 8 heteroatoms. The third-order valence-electron chi connectivity index (χ3n) is 0.394. The third-order valence-corrected chi connectivity index (χ3v) is 0.394. The van der Waals surface area contributed by atoms with E-state index in [0.717, 1.165) is 0 Å². The summed E-state index contributed by atoms with van der Waals surface area (Å²) in [7, 11) is 0. The summed E-state index contributed by atoms with van der Waals surface area (Å²) in [5.74, 6) is -4.09. The molecule has 0 fully saturated rings. The van der Waals surface area contributed by atoms with E-state index in [1.807, 2.05) is 0 Å². The standard InChI is InChI=1S/C2FNO6/c3-9-1(5)2(6)10-4(7)8. The smallest absolute Gasteiger partial charge is 0.255 e. The summed E-state index contributed by atoms with van der Waals surface area (Å²) < 4.78 is 10.7. The summed E-state index contributed by atoms with van der Waals surface area (Å²) >= 11 is 0. The lowest BCUT2D eigenvalue weighted by Crippen LogP contribution is -2.20. The zero-order valence-electron chi connectivity index (χ0n) is 4.27. The van der Waals surface area contributed by atoms with E-state index < -0.39 is 17.0 Å². The molecule has 0 radical (unpaired) electrons. The molecular formula is C2FNO6. The van der Waals surface area contributed by atoms with E-state index in [4.69, 9.17) is 0 Å². The van der Waals surface area contributed by atoms with E-state index in [2.05, 4.69) is 9.78 Å². The zero-order valence-corrected chi connectivity index (χ0v) is 4.27. The second kappa shape index (κ2) is 3.33. The minimum absolute atomic E-state index is 1.56. The summed E-state index contributed by atoms with van der Waals surface area (Å²) in [5.41, 5.74) is 0. The van der Waals surface area contributed by atoms with Gasteiger partial charge in [-0.2, -0.15) is 0 Å². The molecule has 0 atom stereocenters. The molecule has 10 heavy (non-hydrogen) atoms. The predicted octanol–water partition coefficient (Wildman–Crippen LogP) is -0.851. The molecule has 0 N–H and O–H groups in total. The van der Waals surface area contributed by atoms with Gasteiger partial charge >= 0.3 is 17.0 Å². The molecule has 0 aliphatic heterocycles. The van der Waals surface area contributed by atoms with Crippen molar-refractivity contribution in [1.82, 2.24) is 0 Å². The quantitative estimate of drug-likeness (QED) is 0.276. The first-order valence-electron chi connectivity index (χ1n) is 1.77. The molecule has 0 aromatic rings. The molecule has 0 saturated carbocycles. The van der Waals surface area contributed by atoms with Crippen LogP contribution in [0.15, 0.2) is 0 Å². The number of halogens is 1. The summed E-state index contributed by atoms with van der Waals surface area (Å²) in [6.07, 6.45) is 0. The van der Waals surface area contributed by atoms with Crippen molar-refractivity contribution in [3.05, 3.63) is 10.1 Å². The summed E-state index contributed by atoms with van der Waals surface area (Å²) in [6.45, 7) is 0. The van der Waals surface area contributed by atoms with Crippen LogP contribution in [-0.2, 0) is 19.4 Å². The average molecular weight is 153 g/mol. The van der Waals surface area contributed by atoms with Crippen molar-refractivity contribution in [2.45, 2.75) is 0 Å². The Morgan fingerprint density at radius 3 is 2.20 bits per heavy atom. The first-order valence-corrected chi connectivity index (χ1v) is 1.77. The van der Waals surface area contributed by atoms with E-state index in [9.17, 15) is 24.2 Å². The number of carbonyl (C=O) groups is 2. The van der Waals surface area contributed by atoms with Crippen LogP contribution in [0.4, 0.5) is 4.53 Å². The number of carbonyl (C=O) groups excluding carboxylic acids is 2. The van der Waals surface area contributed by atoms with Crippen LogP contribution in [0.25, 0.3) is 0 Å². The maximum atomic E-state index is 10.7. The molecule has 56 valence electrons. The van der Waals surface area contributed by atoms with Gasteiger partial charge < -0.3 is 0 Å². The van der Waals surface area contributed by atoms with Gasteiger partial charge in [-0.1, -0.05) is 0 Å². The molecule has 7 nitrogen and oxygen atoms in total. The maximum Gasteiger partial charge on any atom is 0.442 e. The van der Waals surface area contributed by atoms with Gasteiger partial charge in [-0.3, -0.25) is 4.79 Å². The SMILES string of the molecule is O=C(OF)C(=O)O[N+](=O)[O-]. The Labute approximate surface area is 52.3 Å². The van der Waals surface area contributed by atoms with Gasteiger partial charge in [0.05, 0.1) is 0 Å². The fourth-order valence-corrected chi connectivity index (χ4v) is 0.136. The lowest BCUT2D eigenvalue weighted by atomic mass is 10.7. The van der Waals surface area contributed by atoms with E-state index in [-0.39, 0.29) is 0 Å². The van der Waals surface area contributed by atoms with Crippen molar-refractivity contribution >= 4 is 11.9 Å². The molecule has 0 aliphatic rings. The molecule has 0 bridgehead atoms. The molecule has 0 aromatic carbocycles. The highest BCUT2D eigenvalue weighted by molar-refractivity contribution is 6.29. The Balaban J connectivity index is 3.86. The zero-order chi connectivity index (χ0) is 8.15. The molecule has 0 aromatic heterocycles. The Morgan fingerprint density at radius 2 is 1.90 bits per heavy atom. The Kier molecular flexibility index (Phi) is 2.75. The second-order valence-electron chi connectivity index (χ2n) is 0.967. The van der Waals surface area contributed by atoms with Gasteiger partial charge in [-0.05, 0) is 0 Å². The van der Waals surface area contributed by atoms with E-state index in [1.54, 1.807) is 0 Å². The first kappa shape index (κ1) is 8.27. The Hall–Kier alpha value is -1.73. The van der Waals surface area contributed by atoms with Gasteiger partial charge in [-0.25, -0.2) is 14.6 Å². The van der Waals surface area contributed by atoms with Crippen LogP contribution in [0.5, 0.6) is 0 Å². The van der Waals surface area contributed by atoms with Crippen LogP contribution >= 0.6 is 0 Å². The van der Waals surface area contributed by atoms with E-state index in [0.29, 0.717) is 0 Å². The number of nitrogens with zero attached hydrogens (tertiary/aromatic N) is 1. The van der Waals surface area contributed by atoms with E-state index in [1.165, 1.54) is 0 Å². The molecule has 0 rings (SSSR count). The summed E-state index contributed by atoms with van der Waals surface area (Å²) in [6, 6.07) is 0. The summed E-state index contributed by atoms with van der Waals surface area (Å²) in [4.78, 5) is 34.0. The Bertz CT molecular complexity index is 177.